The summed E-state index contributed by atoms with van der Waals surface area (Å²) in [4.78, 5) is 17.6. The number of hydrogen-bond acceptors (Lipinski definition) is 6. The maximum atomic E-state index is 13.0. The van der Waals surface area contributed by atoms with E-state index in [-0.39, 0.29) is 31.8 Å². The minimum Gasteiger partial charge on any atom is -0.454 e. The van der Waals surface area contributed by atoms with Crippen molar-refractivity contribution in [2.24, 2.45) is 0 Å². The number of benzene rings is 2. The summed E-state index contributed by atoms with van der Waals surface area (Å²) in [5.41, 5.74) is 3.67. The molecule has 0 aliphatic carbocycles. The van der Waals surface area contributed by atoms with Gasteiger partial charge in [-0.05, 0) is 47.5 Å². The van der Waals surface area contributed by atoms with Crippen molar-refractivity contribution in [2.75, 3.05) is 13.6 Å². The van der Waals surface area contributed by atoms with Crippen molar-refractivity contribution in [1.29, 1.82) is 0 Å². The summed E-state index contributed by atoms with van der Waals surface area (Å²) in [5.74, 6) is 2.54. The van der Waals surface area contributed by atoms with Gasteiger partial charge in [0, 0.05) is 31.3 Å². The lowest BCUT2D eigenvalue weighted by atomic mass is 9.92. The first-order valence-electron chi connectivity index (χ1n) is 10.7. The van der Waals surface area contributed by atoms with E-state index in [1.54, 1.807) is 0 Å². The molecule has 4 heterocycles. The molecule has 8 heteroatoms. The summed E-state index contributed by atoms with van der Waals surface area (Å²) >= 11 is 0. The number of carbonyl (C=O) groups is 1. The number of amides is 1. The van der Waals surface area contributed by atoms with Crippen LogP contribution in [0.25, 0.3) is 5.65 Å². The van der Waals surface area contributed by atoms with Crippen LogP contribution in [0.4, 0.5) is 0 Å². The van der Waals surface area contributed by atoms with E-state index in [0.29, 0.717) is 23.8 Å². The van der Waals surface area contributed by atoms with Crippen LogP contribution >= 0.6 is 0 Å². The van der Waals surface area contributed by atoms with Gasteiger partial charge in [-0.1, -0.05) is 18.2 Å². The van der Waals surface area contributed by atoms with Gasteiger partial charge in [0.05, 0.1) is 5.69 Å². The Kier molecular flexibility index (Phi) is 4.75. The molecular formula is C25H21N3O5. The quantitative estimate of drug-likeness (QED) is 0.490. The van der Waals surface area contributed by atoms with Crippen molar-refractivity contribution >= 4 is 11.6 Å². The summed E-state index contributed by atoms with van der Waals surface area (Å²) in [5, 5.41) is 3.03. The van der Waals surface area contributed by atoms with Crippen molar-refractivity contribution < 1.29 is 23.7 Å². The molecule has 166 valence electrons. The first-order valence-corrected chi connectivity index (χ1v) is 10.7. The fourth-order valence-corrected chi connectivity index (χ4v) is 4.24. The zero-order valence-corrected chi connectivity index (χ0v) is 17.7. The number of imidazole rings is 1. The van der Waals surface area contributed by atoms with Crippen LogP contribution in [0.5, 0.6) is 23.0 Å². The molecule has 1 amide bonds. The second-order valence-electron chi connectivity index (χ2n) is 7.95. The number of hydrogen-bond donors (Lipinski definition) is 1. The van der Waals surface area contributed by atoms with E-state index >= 15 is 0 Å². The standard InChI is InChI=1S/C25H21N3O5/c29-25(27-12-16-4-6-20-22(9-16)32-14-30-20)11-18(17-5-7-21-23(10-17)33-15-31-21)19-13-26-24-3-1-2-8-28(19)24/h1-10,13,18H,11-12,14-15H2,(H,27,29). The Bertz CT molecular complexity index is 1350. The molecule has 1 atom stereocenters. The molecule has 0 fully saturated rings. The number of nitrogens with zero attached hydrogens (tertiary/aromatic N) is 2. The van der Waals surface area contributed by atoms with Gasteiger partial charge in [-0.15, -0.1) is 0 Å². The van der Waals surface area contributed by atoms with Crippen LogP contribution in [0.3, 0.4) is 0 Å². The molecule has 1 unspecified atom stereocenters. The van der Waals surface area contributed by atoms with E-state index < -0.39 is 0 Å². The van der Waals surface area contributed by atoms with E-state index in [9.17, 15) is 4.79 Å². The lowest BCUT2D eigenvalue weighted by molar-refractivity contribution is -0.121. The Labute approximate surface area is 189 Å². The lowest BCUT2D eigenvalue weighted by Crippen LogP contribution is -2.25. The Morgan fingerprint density at radius 3 is 2.55 bits per heavy atom. The number of pyridine rings is 1. The Morgan fingerprint density at radius 2 is 1.70 bits per heavy atom. The van der Waals surface area contributed by atoms with Gasteiger partial charge in [-0.2, -0.15) is 0 Å². The van der Waals surface area contributed by atoms with Crippen LogP contribution < -0.4 is 24.3 Å². The summed E-state index contributed by atoms with van der Waals surface area (Å²) in [7, 11) is 0. The van der Waals surface area contributed by atoms with E-state index in [1.807, 2.05) is 71.4 Å². The molecule has 4 aromatic rings. The molecule has 2 aromatic heterocycles. The third kappa shape index (κ3) is 3.69. The number of rotatable bonds is 6. The topological polar surface area (TPSA) is 83.3 Å². The number of carbonyl (C=O) groups excluding carboxylic acids is 1. The van der Waals surface area contributed by atoms with Crippen molar-refractivity contribution in [3.05, 3.63) is 83.8 Å². The van der Waals surface area contributed by atoms with Crippen molar-refractivity contribution in [2.45, 2.75) is 18.9 Å². The number of ether oxygens (including phenoxy) is 4. The third-order valence-corrected chi connectivity index (χ3v) is 5.92. The Balaban J connectivity index is 1.26. The normalized spacial score (nSPS) is 14.4. The van der Waals surface area contributed by atoms with Crippen LogP contribution in [0.15, 0.2) is 67.0 Å². The molecule has 2 aliphatic heterocycles. The molecule has 0 saturated carbocycles. The Hall–Kier alpha value is -4.20. The maximum Gasteiger partial charge on any atom is 0.231 e. The predicted molar refractivity (Wildman–Crippen MR) is 119 cm³/mol. The van der Waals surface area contributed by atoms with Gasteiger partial charge in [0.1, 0.15) is 5.65 Å². The minimum absolute atomic E-state index is 0.0683. The van der Waals surface area contributed by atoms with E-state index in [1.165, 1.54) is 0 Å². The molecule has 1 N–H and O–H groups in total. The van der Waals surface area contributed by atoms with Crippen molar-refractivity contribution in [3.8, 4) is 23.0 Å². The molecule has 0 radical (unpaired) electrons. The fourth-order valence-electron chi connectivity index (χ4n) is 4.24. The van der Waals surface area contributed by atoms with Gasteiger partial charge in [-0.3, -0.25) is 4.79 Å². The molecule has 8 nitrogen and oxygen atoms in total. The van der Waals surface area contributed by atoms with Gasteiger partial charge in [-0.25, -0.2) is 4.98 Å². The SMILES string of the molecule is O=C(CC(c1ccc2c(c1)OCO2)c1cnc2ccccn12)NCc1ccc2c(c1)OCO2. The van der Waals surface area contributed by atoms with Gasteiger partial charge < -0.3 is 28.7 Å². The smallest absolute Gasteiger partial charge is 0.231 e. The highest BCUT2D eigenvalue weighted by molar-refractivity contribution is 5.77. The lowest BCUT2D eigenvalue weighted by Gasteiger charge is -2.18. The van der Waals surface area contributed by atoms with Crippen molar-refractivity contribution in [3.63, 3.8) is 0 Å². The third-order valence-electron chi connectivity index (χ3n) is 5.92. The van der Waals surface area contributed by atoms with E-state index in [4.69, 9.17) is 18.9 Å². The van der Waals surface area contributed by atoms with E-state index in [0.717, 1.165) is 28.2 Å². The zero-order valence-electron chi connectivity index (χ0n) is 17.7. The molecule has 2 aromatic carbocycles. The number of fused-ring (bicyclic) bond motifs is 3. The molecule has 0 saturated heterocycles. The first kappa shape index (κ1) is 19.5. The second kappa shape index (κ2) is 8.05. The molecule has 0 bridgehead atoms. The fraction of sp³-hybridized carbons (Fsp3) is 0.200. The molecular weight excluding hydrogens is 422 g/mol. The molecule has 33 heavy (non-hydrogen) atoms. The summed E-state index contributed by atoms with van der Waals surface area (Å²) < 4.78 is 23.8. The monoisotopic (exact) mass is 443 g/mol. The number of aromatic nitrogens is 2. The van der Waals surface area contributed by atoms with Crippen LogP contribution in [-0.2, 0) is 11.3 Å². The highest BCUT2D eigenvalue weighted by Crippen LogP contribution is 2.38. The first-order chi connectivity index (χ1) is 16.2. The second-order valence-corrected chi connectivity index (χ2v) is 7.95. The molecule has 2 aliphatic rings. The molecule has 0 spiro atoms. The summed E-state index contributed by atoms with van der Waals surface area (Å²) in [6.07, 6.45) is 4.05. The van der Waals surface area contributed by atoms with Gasteiger partial charge in [0.25, 0.3) is 0 Å². The van der Waals surface area contributed by atoms with Crippen molar-refractivity contribution in [1.82, 2.24) is 14.7 Å². The predicted octanol–water partition coefficient (Wildman–Crippen LogP) is 3.63. The highest BCUT2D eigenvalue weighted by atomic mass is 16.7. The van der Waals surface area contributed by atoms with Gasteiger partial charge >= 0.3 is 0 Å². The van der Waals surface area contributed by atoms with E-state index in [2.05, 4.69) is 10.3 Å². The van der Waals surface area contributed by atoms with Crippen LogP contribution in [0, 0.1) is 0 Å². The maximum absolute atomic E-state index is 13.0. The number of nitrogens with one attached hydrogen (secondary N) is 1. The highest BCUT2D eigenvalue weighted by Gasteiger charge is 2.24. The Morgan fingerprint density at radius 1 is 0.939 bits per heavy atom. The average Bonchev–Trinajstić information content (AvgIpc) is 3.59. The summed E-state index contributed by atoms with van der Waals surface area (Å²) in [6, 6.07) is 17.3. The van der Waals surface area contributed by atoms with Crippen LogP contribution in [0.2, 0.25) is 0 Å². The van der Waals surface area contributed by atoms with Gasteiger partial charge in [0.15, 0.2) is 23.0 Å². The molecule has 6 rings (SSSR count). The van der Waals surface area contributed by atoms with Crippen LogP contribution in [-0.4, -0.2) is 28.9 Å². The zero-order chi connectivity index (χ0) is 22.2. The summed E-state index contributed by atoms with van der Waals surface area (Å²) in [6.45, 7) is 0.827. The largest absolute Gasteiger partial charge is 0.454 e. The van der Waals surface area contributed by atoms with Gasteiger partial charge in [0.2, 0.25) is 19.5 Å². The average molecular weight is 443 g/mol. The van der Waals surface area contributed by atoms with Crippen LogP contribution in [0.1, 0.15) is 29.2 Å². The minimum atomic E-state index is -0.214.